The second kappa shape index (κ2) is 12.0. The van der Waals surface area contributed by atoms with Crippen molar-refractivity contribution in [3.8, 4) is 0 Å². The number of hydrogen-bond donors (Lipinski definition) is 0. The molecule has 0 radical (unpaired) electrons. The summed E-state index contributed by atoms with van der Waals surface area (Å²) in [5.74, 6) is -1.05. The van der Waals surface area contributed by atoms with Crippen LogP contribution in [-0.2, 0) is 19.1 Å². The number of para-hydroxylation sites is 3. The van der Waals surface area contributed by atoms with Crippen LogP contribution in [0.25, 0.3) is 0 Å². The van der Waals surface area contributed by atoms with Gasteiger partial charge in [-0.2, -0.15) is 0 Å². The van der Waals surface area contributed by atoms with Crippen molar-refractivity contribution >= 4 is 51.6 Å². The number of anilines is 1. The first-order chi connectivity index (χ1) is 17.6. The first-order valence-corrected chi connectivity index (χ1v) is 12.3. The van der Waals surface area contributed by atoms with E-state index < -0.39 is 11.9 Å². The molecule has 4 rings (SSSR count). The summed E-state index contributed by atoms with van der Waals surface area (Å²) in [5, 5.41) is 0.845. The standard InChI is InChI=1S/C28H25N3O4S/c1-3-34-27(32)23(28(33)35-4-2)26-31(22-18-12-7-13-19-22)24(29-20-14-8-5-9-15-20)25(36-26)30-21-16-10-6-11-17-21/h5-19H,3-4H2,1-2H3. The van der Waals surface area contributed by atoms with Crippen molar-refractivity contribution in [3.05, 3.63) is 102 Å². The smallest absolute Gasteiger partial charge is 0.348 e. The average molecular weight is 500 g/mol. The summed E-state index contributed by atoms with van der Waals surface area (Å²) in [7, 11) is 0. The predicted octanol–water partition coefficient (Wildman–Crippen LogP) is 6.04. The summed E-state index contributed by atoms with van der Waals surface area (Å²) < 4.78 is 10.5. The van der Waals surface area contributed by atoms with E-state index in [1.165, 1.54) is 11.8 Å². The Labute approximate surface area is 214 Å². The third-order valence-electron chi connectivity index (χ3n) is 4.96. The lowest BCUT2D eigenvalue weighted by Crippen LogP contribution is -2.30. The fourth-order valence-electron chi connectivity index (χ4n) is 3.43. The molecule has 36 heavy (non-hydrogen) atoms. The predicted molar refractivity (Wildman–Crippen MR) is 144 cm³/mol. The molecule has 0 spiro atoms. The van der Waals surface area contributed by atoms with Crippen molar-refractivity contribution in [3.63, 3.8) is 0 Å². The number of aliphatic imine (C=N–C) groups is 2. The largest absolute Gasteiger partial charge is 0.462 e. The molecule has 0 aromatic heterocycles. The molecule has 3 aromatic carbocycles. The molecule has 1 aliphatic rings. The van der Waals surface area contributed by atoms with Crippen molar-refractivity contribution < 1.29 is 19.1 Å². The molecule has 0 N–H and O–H groups in total. The van der Waals surface area contributed by atoms with Gasteiger partial charge in [-0.1, -0.05) is 54.6 Å². The van der Waals surface area contributed by atoms with Crippen molar-refractivity contribution in [2.75, 3.05) is 18.1 Å². The third kappa shape index (κ3) is 5.72. The molecule has 0 bridgehead atoms. The normalized spacial score (nSPS) is 15.3. The van der Waals surface area contributed by atoms with Crippen LogP contribution in [0.1, 0.15) is 13.8 Å². The fourth-order valence-corrected chi connectivity index (χ4v) is 4.55. The van der Waals surface area contributed by atoms with E-state index in [1.807, 2.05) is 91.0 Å². The van der Waals surface area contributed by atoms with Gasteiger partial charge < -0.3 is 9.47 Å². The minimum absolute atomic E-state index is 0.112. The van der Waals surface area contributed by atoms with Crippen LogP contribution in [0.3, 0.4) is 0 Å². The zero-order chi connectivity index (χ0) is 25.3. The van der Waals surface area contributed by atoms with Gasteiger partial charge in [-0.15, -0.1) is 0 Å². The van der Waals surface area contributed by atoms with E-state index in [0.29, 0.717) is 33.0 Å². The van der Waals surface area contributed by atoms with Crippen molar-refractivity contribution in [2.24, 2.45) is 9.98 Å². The first kappa shape index (κ1) is 24.9. The van der Waals surface area contributed by atoms with E-state index in [2.05, 4.69) is 0 Å². The molecule has 0 unspecified atom stereocenters. The number of hydrogen-bond acceptors (Lipinski definition) is 7. The number of amidine groups is 1. The molecule has 0 saturated carbocycles. The summed E-state index contributed by atoms with van der Waals surface area (Å²) >= 11 is 1.18. The molecule has 0 aliphatic carbocycles. The highest BCUT2D eigenvalue weighted by molar-refractivity contribution is 8.20. The van der Waals surface area contributed by atoms with Crippen LogP contribution in [0, 0.1) is 0 Å². The van der Waals surface area contributed by atoms with Gasteiger partial charge in [0.25, 0.3) is 0 Å². The molecule has 3 aromatic rings. The zero-order valence-electron chi connectivity index (χ0n) is 20.0. The molecule has 1 heterocycles. The van der Waals surface area contributed by atoms with Gasteiger partial charge in [0.2, 0.25) is 0 Å². The van der Waals surface area contributed by atoms with Gasteiger partial charge in [-0.25, -0.2) is 19.6 Å². The lowest BCUT2D eigenvalue weighted by molar-refractivity contribution is -0.146. The van der Waals surface area contributed by atoms with Crippen LogP contribution in [0.2, 0.25) is 0 Å². The number of esters is 2. The Hall–Kier alpha value is -4.17. The number of carbonyl (C=O) groups is 2. The van der Waals surface area contributed by atoms with Crippen molar-refractivity contribution in [2.45, 2.75) is 13.8 Å². The van der Waals surface area contributed by atoms with Crippen LogP contribution in [0.5, 0.6) is 0 Å². The van der Waals surface area contributed by atoms with E-state index in [9.17, 15) is 9.59 Å². The highest BCUT2D eigenvalue weighted by atomic mass is 32.2. The Morgan fingerprint density at radius 2 is 1.19 bits per heavy atom. The number of nitrogens with zero attached hydrogens (tertiary/aromatic N) is 3. The zero-order valence-corrected chi connectivity index (χ0v) is 20.8. The van der Waals surface area contributed by atoms with E-state index in [1.54, 1.807) is 18.7 Å². The lowest BCUT2D eigenvalue weighted by Gasteiger charge is -2.21. The summed E-state index contributed by atoms with van der Waals surface area (Å²) in [6.45, 7) is 3.60. The molecule has 1 aliphatic heterocycles. The first-order valence-electron chi connectivity index (χ1n) is 11.5. The van der Waals surface area contributed by atoms with Crippen LogP contribution in [0.4, 0.5) is 17.1 Å². The Morgan fingerprint density at radius 1 is 0.722 bits per heavy atom. The van der Waals surface area contributed by atoms with E-state index in [-0.39, 0.29) is 18.8 Å². The third-order valence-corrected chi connectivity index (χ3v) is 6.01. The maximum absolute atomic E-state index is 13.1. The highest BCUT2D eigenvalue weighted by Gasteiger charge is 2.40. The fraction of sp³-hybridized carbons (Fsp3) is 0.143. The molecule has 1 fully saturated rings. The monoisotopic (exact) mass is 499 g/mol. The topological polar surface area (TPSA) is 80.6 Å². The summed E-state index contributed by atoms with van der Waals surface area (Å²) in [4.78, 5) is 37.6. The van der Waals surface area contributed by atoms with E-state index in [4.69, 9.17) is 19.5 Å². The van der Waals surface area contributed by atoms with Crippen molar-refractivity contribution in [1.82, 2.24) is 0 Å². The van der Waals surface area contributed by atoms with Gasteiger partial charge >= 0.3 is 11.9 Å². The Kier molecular flexibility index (Phi) is 8.31. The average Bonchev–Trinajstić information content (AvgIpc) is 3.23. The number of benzene rings is 3. The molecular weight excluding hydrogens is 474 g/mol. The minimum atomic E-state index is -0.764. The van der Waals surface area contributed by atoms with Gasteiger partial charge in [0.1, 0.15) is 10.1 Å². The van der Waals surface area contributed by atoms with Gasteiger partial charge in [-0.3, -0.25) is 4.90 Å². The van der Waals surface area contributed by atoms with Gasteiger partial charge in [-0.05, 0) is 62.0 Å². The summed E-state index contributed by atoms with van der Waals surface area (Å²) in [5.41, 5.74) is 1.92. The molecule has 0 amide bonds. The second-order valence-corrected chi connectivity index (χ2v) is 8.40. The molecule has 1 saturated heterocycles. The maximum atomic E-state index is 13.1. The van der Waals surface area contributed by atoms with Crippen LogP contribution < -0.4 is 4.90 Å². The van der Waals surface area contributed by atoms with Crippen LogP contribution in [0.15, 0.2) is 112 Å². The molecular formula is C28H25N3O4S. The molecule has 0 atom stereocenters. The van der Waals surface area contributed by atoms with E-state index in [0.717, 1.165) is 0 Å². The SMILES string of the molecule is CCOC(=O)C(C(=O)OCC)=C1SC(=Nc2ccccc2)C(=Nc2ccccc2)N1c1ccccc1. The molecule has 8 heteroatoms. The van der Waals surface area contributed by atoms with Gasteiger partial charge in [0, 0.05) is 5.69 Å². The minimum Gasteiger partial charge on any atom is -0.462 e. The quantitative estimate of drug-likeness (QED) is 0.171. The highest BCUT2D eigenvalue weighted by Crippen LogP contribution is 2.41. The Balaban J connectivity index is 2.00. The Bertz CT molecular complexity index is 1290. The molecule has 7 nitrogen and oxygen atoms in total. The number of carbonyl (C=O) groups excluding carboxylic acids is 2. The second-order valence-electron chi connectivity index (χ2n) is 7.42. The molecule has 182 valence electrons. The van der Waals surface area contributed by atoms with Gasteiger partial charge in [0.15, 0.2) is 11.4 Å². The van der Waals surface area contributed by atoms with E-state index >= 15 is 0 Å². The van der Waals surface area contributed by atoms with Crippen molar-refractivity contribution in [1.29, 1.82) is 0 Å². The summed E-state index contributed by atoms with van der Waals surface area (Å²) in [6.07, 6.45) is 0. The number of rotatable bonds is 7. The van der Waals surface area contributed by atoms with Gasteiger partial charge in [0.05, 0.1) is 24.6 Å². The summed E-state index contributed by atoms with van der Waals surface area (Å²) in [6, 6.07) is 28.3. The Morgan fingerprint density at radius 3 is 1.69 bits per heavy atom. The van der Waals surface area contributed by atoms with Crippen LogP contribution in [-0.4, -0.2) is 36.0 Å². The lowest BCUT2D eigenvalue weighted by atomic mass is 10.2. The number of ether oxygens (including phenoxy) is 2. The van der Waals surface area contributed by atoms with Crippen LogP contribution >= 0.6 is 11.8 Å². The number of thioether (sulfide) groups is 1. The maximum Gasteiger partial charge on any atom is 0.348 e.